The van der Waals surface area contributed by atoms with Crippen molar-refractivity contribution in [2.24, 2.45) is 0 Å². The van der Waals surface area contributed by atoms with Crippen LogP contribution in [0.15, 0.2) is 24.3 Å². The van der Waals surface area contributed by atoms with Crippen molar-refractivity contribution in [2.75, 3.05) is 18.8 Å². The van der Waals surface area contributed by atoms with Crippen LogP contribution in [0.2, 0.25) is 0 Å². The van der Waals surface area contributed by atoms with Crippen molar-refractivity contribution >= 4 is 30.5 Å². The highest BCUT2D eigenvalue weighted by Gasteiger charge is 2.15. The van der Waals surface area contributed by atoms with E-state index >= 15 is 0 Å². The van der Waals surface area contributed by atoms with Crippen molar-refractivity contribution in [3.8, 4) is 0 Å². The Kier molecular flexibility index (Phi) is 5.93. The van der Waals surface area contributed by atoms with Gasteiger partial charge >= 0.3 is 0 Å². The van der Waals surface area contributed by atoms with Crippen LogP contribution in [0.4, 0.5) is 5.69 Å². The molecule has 0 amide bonds. The molecule has 0 radical (unpaired) electrons. The van der Waals surface area contributed by atoms with E-state index in [1.807, 2.05) is 12.1 Å². The van der Waals surface area contributed by atoms with Crippen LogP contribution in [0, 0.1) is 0 Å². The number of hydrogen-bond acceptors (Lipinski definition) is 2. The maximum absolute atomic E-state index is 5.61. The molecule has 2 nitrogen and oxygen atoms in total. The topological polar surface area (TPSA) is 38.0 Å². The lowest BCUT2D eigenvalue weighted by Gasteiger charge is -2.07. The lowest BCUT2D eigenvalue weighted by Crippen LogP contribution is -2.07. The monoisotopic (exact) mass is 234 g/mol. The highest BCUT2D eigenvalue weighted by molar-refractivity contribution is 5.85. The maximum atomic E-state index is 5.61. The van der Waals surface area contributed by atoms with Gasteiger partial charge in [-0.25, -0.2) is 0 Å². The van der Waals surface area contributed by atoms with Gasteiger partial charge in [-0.2, -0.15) is 0 Å². The largest absolute Gasteiger partial charge is 0.399 e. The number of halogens is 2. The Morgan fingerprint density at radius 1 is 1.14 bits per heavy atom. The number of benzene rings is 1. The molecule has 0 bridgehead atoms. The van der Waals surface area contributed by atoms with Gasteiger partial charge in [0.05, 0.1) is 0 Å². The first kappa shape index (κ1) is 13.6. The fraction of sp³-hybridized carbons (Fsp3) is 0.400. The number of nitrogen functional groups attached to an aromatic ring is 1. The maximum Gasteiger partial charge on any atom is 0.0314 e. The summed E-state index contributed by atoms with van der Waals surface area (Å²) in [6, 6.07) is 8.22. The zero-order valence-corrected chi connectivity index (χ0v) is 9.53. The summed E-state index contributed by atoms with van der Waals surface area (Å²) < 4.78 is 0. The quantitative estimate of drug-likeness (QED) is 0.732. The van der Waals surface area contributed by atoms with Crippen molar-refractivity contribution in [1.82, 2.24) is 5.32 Å². The molecule has 0 aromatic heterocycles. The molecule has 1 aliphatic rings. The van der Waals surface area contributed by atoms with Gasteiger partial charge in [0.2, 0.25) is 0 Å². The van der Waals surface area contributed by atoms with E-state index in [4.69, 9.17) is 5.73 Å². The second-order valence-corrected chi connectivity index (χ2v) is 3.36. The van der Waals surface area contributed by atoms with E-state index in [9.17, 15) is 0 Å². The zero-order valence-electron chi connectivity index (χ0n) is 7.90. The molecular formula is C10H16Cl2N2. The smallest absolute Gasteiger partial charge is 0.0314 e. The first-order valence-electron chi connectivity index (χ1n) is 4.42. The highest BCUT2D eigenvalue weighted by Crippen LogP contribution is 2.22. The molecule has 0 aliphatic carbocycles. The molecule has 1 saturated heterocycles. The Balaban J connectivity index is 0.000000845. The van der Waals surface area contributed by atoms with E-state index < -0.39 is 0 Å². The predicted octanol–water partition coefficient (Wildman–Crippen LogP) is 2.19. The van der Waals surface area contributed by atoms with Crippen molar-refractivity contribution in [3.63, 3.8) is 0 Å². The lowest BCUT2D eigenvalue weighted by molar-refractivity contribution is 0.764. The third-order valence-electron chi connectivity index (χ3n) is 2.47. The molecular weight excluding hydrogens is 219 g/mol. The SMILES string of the molecule is Cl.Cl.Nc1ccc(C2CCNC2)cc1. The summed E-state index contributed by atoms with van der Waals surface area (Å²) in [6.45, 7) is 2.26. The van der Waals surface area contributed by atoms with Crippen LogP contribution < -0.4 is 11.1 Å². The fourth-order valence-corrected chi connectivity index (χ4v) is 1.71. The van der Waals surface area contributed by atoms with Crippen LogP contribution in [0.1, 0.15) is 17.9 Å². The van der Waals surface area contributed by atoms with Crippen molar-refractivity contribution in [1.29, 1.82) is 0 Å². The molecule has 1 aliphatic heterocycles. The van der Waals surface area contributed by atoms with Crippen LogP contribution in [0.3, 0.4) is 0 Å². The average Bonchev–Trinajstić information content (AvgIpc) is 2.58. The third kappa shape index (κ3) is 3.05. The molecule has 1 aromatic rings. The van der Waals surface area contributed by atoms with Crippen molar-refractivity contribution in [2.45, 2.75) is 12.3 Å². The van der Waals surface area contributed by atoms with Gasteiger partial charge in [-0.1, -0.05) is 12.1 Å². The van der Waals surface area contributed by atoms with Crippen LogP contribution in [0.25, 0.3) is 0 Å². The van der Waals surface area contributed by atoms with Crippen LogP contribution in [0.5, 0.6) is 0 Å². The van der Waals surface area contributed by atoms with E-state index in [0.717, 1.165) is 18.8 Å². The number of rotatable bonds is 1. The highest BCUT2D eigenvalue weighted by atomic mass is 35.5. The molecule has 1 atom stereocenters. The molecule has 0 saturated carbocycles. The zero-order chi connectivity index (χ0) is 8.39. The Hall–Kier alpha value is -0.440. The summed E-state index contributed by atoms with van der Waals surface area (Å²) in [6.07, 6.45) is 1.25. The van der Waals surface area contributed by atoms with E-state index in [2.05, 4.69) is 17.4 Å². The standard InChI is InChI=1S/C10H14N2.2ClH/c11-10-3-1-8(2-4-10)9-5-6-12-7-9;;/h1-4,9,12H,5-7,11H2;2*1H. The van der Waals surface area contributed by atoms with E-state index in [1.165, 1.54) is 12.0 Å². The van der Waals surface area contributed by atoms with Crippen molar-refractivity contribution < 1.29 is 0 Å². The van der Waals surface area contributed by atoms with E-state index in [-0.39, 0.29) is 24.8 Å². The van der Waals surface area contributed by atoms with Gasteiger partial charge in [0, 0.05) is 12.2 Å². The first-order chi connectivity index (χ1) is 5.86. The first-order valence-corrected chi connectivity index (χ1v) is 4.42. The van der Waals surface area contributed by atoms with Gasteiger partial charge in [0.1, 0.15) is 0 Å². The van der Waals surface area contributed by atoms with E-state index in [1.54, 1.807) is 0 Å². The fourth-order valence-electron chi connectivity index (χ4n) is 1.71. The number of nitrogens with one attached hydrogen (secondary N) is 1. The molecule has 1 unspecified atom stereocenters. The molecule has 14 heavy (non-hydrogen) atoms. The summed E-state index contributed by atoms with van der Waals surface area (Å²) in [7, 11) is 0. The summed E-state index contributed by atoms with van der Waals surface area (Å²) in [5.41, 5.74) is 7.87. The van der Waals surface area contributed by atoms with Gasteiger partial charge in [-0.3, -0.25) is 0 Å². The lowest BCUT2D eigenvalue weighted by atomic mass is 9.98. The molecule has 1 heterocycles. The second-order valence-electron chi connectivity index (χ2n) is 3.36. The third-order valence-corrected chi connectivity index (χ3v) is 2.47. The normalized spacial score (nSPS) is 19.6. The Morgan fingerprint density at radius 2 is 1.79 bits per heavy atom. The Bertz CT molecular complexity index is 255. The van der Waals surface area contributed by atoms with Crippen molar-refractivity contribution in [3.05, 3.63) is 29.8 Å². The molecule has 1 fully saturated rings. The summed E-state index contributed by atoms with van der Waals surface area (Å²) in [4.78, 5) is 0. The summed E-state index contributed by atoms with van der Waals surface area (Å²) in [5, 5.41) is 3.35. The van der Waals surface area contributed by atoms with Gasteiger partial charge in [-0.05, 0) is 36.6 Å². The second kappa shape index (κ2) is 6.12. The van der Waals surface area contributed by atoms with Gasteiger partial charge in [-0.15, -0.1) is 24.8 Å². The molecule has 0 spiro atoms. The summed E-state index contributed by atoms with van der Waals surface area (Å²) in [5.74, 6) is 0.700. The van der Waals surface area contributed by atoms with Gasteiger partial charge < -0.3 is 11.1 Å². The van der Waals surface area contributed by atoms with Crippen LogP contribution in [-0.4, -0.2) is 13.1 Å². The molecule has 1 aromatic carbocycles. The van der Waals surface area contributed by atoms with Gasteiger partial charge in [0.25, 0.3) is 0 Å². The minimum Gasteiger partial charge on any atom is -0.399 e. The Labute approximate surface area is 97.1 Å². The molecule has 80 valence electrons. The number of anilines is 1. The van der Waals surface area contributed by atoms with Crippen LogP contribution in [-0.2, 0) is 0 Å². The van der Waals surface area contributed by atoms with Gasteiger partial charge in [0.15, 0.2) is 0 Å². The predicted molar refractivity (Wildman–Crippen MR) is 65.6 cm³/mol. The minimum absolute atomic E-state index is 0. The average molecular weight is 235 g/mol. The molecule has 4 heteroatoms. The number of nitrogens with two attached hydrogens (primary N) is 1. The number of hydrogen-bond donors (Lipinski definition) is 2. The summed E-state index contributed by atoms with van der Waals surface area (Å²) >= 11 is 0. The van der Waals surface area contributed by atoms with Crippen LogP contribution >= 0.6 is 24.8 Å². The minimum atomic E-state index is 0. The van der Waals surface area contributed by atoms with E-state index in [0.29, 0.717) is 5.92 Å². The molecule has 2 rings (SSSR count). The Morgan fingerprint density at radius 3 is 2.29 bits per heavy atom. The molecule has 3 N–H and O–H groups in total.